The third-order valence-electron chi connectivity index (χ3n) is 4.11. The Bertz CT molecular complexity index is 852. The van der Waals surface area contributed by atoms with E-state index in [1.54, 1.807) is 38.1 Å². The summed E-state index contributed by atoms with van der Waals surface area (Å²) < 4.78 is 26.5. The first-order chi connectivity index (χ1) is 10.8. The molecule has 0 saturated carbocycles. The van der Waals surface area contributed by atoms with Crippen LogP contribution in [0, 0.1) is 0 Å². The quantitative estimate of drug-likeness (QED) is 0.757. The van der Waals surface area contributed by atoms with Gasteiger partial charge in [0.1, 0.15) is 5.82 Å². The minimum atomic E-state index is -3.65. The summed E-state index contributed by atoms with van der Waals surface area (Å²) in [4.78, 5) is 6.68. The van der Waals surface area contributed by atoms with Crippen LogP contribution in [0.25, 0.3) is 0 Å². The van der Waals surface area contributed by atoms with Crippen molar-refractivity contribution in [1.29, 1.82) is 0 Å². The molecular weight excluding hydrogens is 314 g/mol. The minimum Gasteiger partial charge on any atom is -0.383 e. The van der Waals surface area contributed by atoms with Gasteiger partial charge in [0.25, 0.3) is 0 Å². The second kappa shape index (κ2) is 5.17. The van der Waals surface area contributed by atoms with Crippen LogP contribution < -0.4 is 16.8 Å². The molecule has 0 fully saturated rings. The number of fused-ring (bicyclic) bond motifs is 1. The number of hydrogen-bond acceptors (Lipinski definition) is 7. The predicted molar refractivity (Wildman–Crippen MR) is 89.0 cm³/mol. The lowest BCUT2D eigenvalue weighted by atomic mass is 10.00. The highest BCUT2D eigenvalue weighted by Crippen LogP contribution is 2.45. The SMILES string of the molecule is CC(C)S(=O)(=O)C1(c2ccccc2)NCc2nc(N)nc(N)c21. The Hall–Kier alpha value is -2.19. The molecule has 0 saturated heterocycles. The van der Waals surface area contributed by atoms with Crippen LogP contribution >= 0.6 is 0 Å². The van der Waals surface area contributed by atoms with Gasteiger partial charge in [-0.25, -0.2) is 13.4 Å². The number of rotatable bonds is 3. The number of sulfone groups is 1. The van der Waals surface area contributed by atoms with Crippen LogP contribution in [0.1, 0.15) is 30.7 Å². The van der Waals surface area contributed by atoms with E-state index in [0.717, 1.165) is 0 Å². The van der Waals surface area contributed by atoms with Gasteiger partial charge in [-0.15, -0.1) is 0 Å². The van der Waals surface area contributed by atoms with E-state index in [1.807, 2.05) is 6.07 Å². The van der Waals surface area contributed by atoms with E-state index >= 15 is 0 Å². The van der Waals surface area contributed by atoms with Crippen molar-refractivity contribution >= 4 is 21.6 Å². The average Bonchev–Trinajstić information content (AvgIpc) is 2.89. The Morgan fingerprint density at radius 3 is 2.43 bits per heavy atom. The molecule has 0 amide bonds. The Morgan fingerprint density at radius 2 is 1.83 bits per heavy atom. The summed E-state index contributed by atoms with van der Waals surface area (Å²) in [5.74, 6) is 0.124. The van der Waals surface area contributed by atoms with Gasteiger partial charge in [-0.05, 0) is 19.4 Å². The molecular formula is C15H19N5O2S. The van der Waals surface area contributed by atoms with Gasteiger partial charge in [0.2, 0.25) is 5.95 Å². The molecule has 3 rings (SSSR count). The molecule has 1 aliphatic heterocycles. The van der Waals surface area contributed by atoms with E-state index in [2.05, 4.69) is 15.3 Å². The maximum atomic E-state index is 13.3. The molecule has 5 N–H and O–H groups in total. The summed E-state index contributed by atoms with van der Waals surface area (Å²) in [6.45, 7) is 3.55. The fourth-order valence-corrected chi connectivity index (χ4v) is 4.99. The van der Waals surface area contributed by atoms with Crippen molar-refractivity contribution in [1.82, 2.24) is 15.3 Å². The first kappa shape index (κ1) is 15.7. The average molecular weight is 333 g/mol. The van der Waals surface area contributed by atoms with Gasteiger partial charge in [-0.3, -0.25) is 5.32 Å². The smallest absolute Gasteiger partial charge is 0.222 e. The fourth-order valence-electron chi connectivity index (χ4n) is 3.03. The molecule has 1 aliphatic rings. The van der Waals surface area contributed by atoms with E-state index in [9.17, 15) is 8.42 Å². The molecule has 1 atom stereocenters. The summed E-state index contributed by atoms with van der Waals surface area (Å²) in [5, 5.41) is 2.50. The summed E-state index contributed by atoms with van der Waals surface area (Å²) in [6.07, 6.45) is 0. The van der Waals surface area contributed by atoms with Gasteiger partial charge in [-0.1, -0.05) is 30.3 Å². The van der Waals surface area contributed by atoms with Crippen LogP contribution in [0.3, 0.4) is 0 Å². The van der Waals surface area contributed by atoms with Crippen LogP contribution in [-0.2, 0) is 21.3 Å². The summed E-state index contributed by atoms with van der Waals surface area (Å²) in [6, 6.07) is 8.94. The van der Waals surface area contributed by atoms with Gasteiger partial charge in [0.15, 0.2) is 14.7 Å². The standard InChI is InChI=1S/C15H19N5O2S/c1-9(2)23(21,22)15(10-6-4-3-5-7-10)12-11(8-18-15)19-14(17)20-13(12)16/h3-7,9,18H,8H2,1-2H3,(H4,16,17,19,20). The van der Waals surface area contributed by atoms with E-state index in [0.29, 0.717) is 16.8 Å². The minimum absolute atomic E-state index is 0.0360. The summed E-state index contributed by atoms with van der Waals surface area (Å²) >= 11 is 0. The Morgan fingerprint density at radius 1 is 1.17 bits per heavy atom. The third kappa shape index (κ3) is 2.09. The van der Waals surface area contributed by atoms with Crippen molar-refractivity contribution < 1.29 is 8.42 Å². The summed E-state index contributed by atoms with van der Waals surface area (Å²) in [7, 11) is -3.65. The predicted octanol–water partition coefficient (Wildman–Crippen LogP) is 0.769. The molecule has 0 spiro atoms. The van der Waals surface area contributed by atoms with Crippen molar-refractivity contribution in [2.45, 2.75) is 30.5 Å². The van der Waals surface area contributed by atoms with E-state index in [1.165, 1.54) is 0 Å². The lowest BCUT2D eigenvalue weighted by Crippen LogP contribution is -2.49. The number of hydrogen-bond donors (Lipinski definition) is 3. The fraction of sp³-hybridized carbons (Fsp3) is 0.333. The number of nitrogens with two attached hydrogens (primary N) is 2. The second-order valence-corrected chi connectivity index (χ2v) is 8.43. The van der Waals surface area contributed by atoms with Gasteiger partial charge in [-0.2, -0.15) is 4.98 Å². The van der Waals surface area contributed by atoms with Crippen molar-refractivity contribution in [3.8, 4) is 0 Å². The molecule has 1 aromatic heterocycles. The Balaban J connectivity index is 2.40. The van der Waals surface area contributed by atoms with E-state index < -0.39 is 20.0 Å². The third-order valence-corrected chi connectivity index (χ3v) is 6.79. The van der Waals surface area contributed by atoms with Crippen LogP contribution in [-0.4, -0.2) is 23.6 Å². The monoisotopic (exact) mass is 333 g/mol. The van der Waals surface area contributed by atoms with Crippen molar-refractivity contribution in [2.24, 2.45) is 0 Å². The van der Waals surface area contributed by atoms with Gasteiger partial charge >= 0.3 is 0 Å². The Kier molecular flexibility index (Phi) is 3.53. The largest absolute Gasteiger partial charge is 0.383 e. The number of nitrogens with one attached hydrogen (secondary N) is 1. The van der Waals surface area contributed by atoms with E-state index in [-0.39, 0.29) is 18.3 Å². The Labute approximate surface area is 135 Å². The summed E-state index contributed by atoms with van der Waals surface area (Å²) in [5.41, 5.74) is 13.2. The molecule has 1 unspecified atom stereocenters. The number of nitrogens with zero attached hydrogens (tertiary/aromatic N) is 2. The number of anilines is 2. The number of aromatic nitrogens is 2. The van der Waals surface area contributed by atoms with Gasteiger partial charge in [0.05, 0.1) is 16.5 Å². The molecule has 122 valence electrons. The van der Waals surface area contributed by atoms with Crippen molar-refractivity contribution in [3.05, 3.63) is 47.2 Å². The number of benzene rings is 1. The molecule has 23 heavy (non-hydrogen) atoms. The number of nitrogen functional groups attached to an aromatic ring is 2. The van der Waals surface area contributed by atoms with Crippen LogP contribution in [0.5, 0.6) is 0 Å². The van der Waals surface area contributed by atoms with Gasteiger partial charge < -0.3 is 11.5 Å². The zero-order valence-electron chi connectivity index (χ0n) is 12.9. The zero-order valence-corrected chi connectivity index (χ0v) is 13.8. The van der Waals surface area contributed by atoms with Crippen LogP contribution in [0.2, 0.25) is 0 Å². The van der Waals surface area contributed by atoms with Crippen molar-refractivity contribution in [2.75, 3.05) is 11.5 Å². The van der Waals surface area contributed by atoms with Crippen LogP contribution in [0.4, 0.5) is 11.8 Å². The first-order valence-electron chi connectivity index (χ1n) is 7.27. The molecule has 1 aromatic carbocycles. The molecule has 0 aliphatic carbocycles. The molecule has 2 heterocycles. The molecule has 7 nitrogen and oxygen atoms in total. The molecule has 2 aromatic rings. The molecule has 8 heteroatoms. The van der Waals surface area contributed by atoms with Crippen LogP contribution in [0.15, 0.2) is 30.3 Å². The van der Waals surface area contributed by atoms with E-state index in [4.69, 9.17) is 11.5 Å². The van der Waals surface area contributed by atoms with Gasteiger partial charge in [0, 0.05) is 6.54 Å². The first-order valence-corrected chi connectivity index (χ1v) is 8.81. The van der Waals surface area contributed by atoms with Crippen molar-refractivity contribution in [3.63, 3.8) is 0 Å². The lowest BCUT2D eigenvalue weighted by molar-refractivity contribution is 0.509. The molecule has 0 radical (unpaired) electrons. The second-order valence-electron chi connectivity index (χ2n) is 5.78. The zero-order chi connectivity index (χ0) is 16.8. The highest BCUT2D eigenvalue weighted by molar-refractivity contribution is 7.93. The normalized spacial score (nSPS) is 20.7. The highest BCUT2D eigenvalue weighted by atomic mass is 32.2. The topological polar surface area (TPSA) is 124 Å². The maximum absolute atomic E-state index is 13.3. The lowest BCUT2D eigenvalue weighted by Gasteiger charge is -2.33. The molecule has 0 bridgehead atoms. The maximum Gasteiger partial charge on any atom is 0.222 e. The highest BCUT2D eigenvalue weighted by Gasteiger charge is 2.54.